The summed E-state index contributed by atoms with van der Waals surface area (Å²) in [6.45, 7) is 3.10. The van der Waals surface area contributed by atoms with Crippen LogP contribution in [0.4, 0.5) is 0 Å². The monoisotopic (exact) mass is 301 g/mol. The molecule has 0 fully saturated rings. The molecule has 1 nitrogen and oxygen atoms in total. The second-order valence-electron chi connectivity index (χ2n) is 6.26. The average molecular weight is 302 g/mol. The van der Waals surface area contributed by atoms with Crippen LogP contribution in [0.3, 0.4) is 0 Å². The van der Waals surface area contributed by atoms with E-state index in [1.54, 1.807) is 0 Å². The third-order valence-electron chi connectivity index (χ3n) is 4.13. The van der Waals surface area contributed by atoms with Crippen molar-refractivity contribution in [1.82, 2.24) is 0 Å². The quantitative estimate of drug-likeness (QED) is 0.261. The van der Waals surface area contributed by atoms with Crippen molar-refractivity contribution in [3.8, 4) is 0 Å². The molecule has 0 spiro atoms. The van der Waals surface area contributed by atoms with Crippen molar-refractivity contribution < 1.29 is 0 Å². The fourth-order valence-corrected chi connectivity index (χ4v) is 3.08. The van der Waals surface area contributed by atoms with Crippen molar-refractivity contribution in [3.05, 3.63) is 0 Å². The molecule has 0 heterocycles. The summed E-state index contributed by atoms with van der Waals surface area (Å²) >= 11 is 4.61. The lowest BCUT2D eigenvalue weighted by Gasteiger charge is -2.09. The third kappa shape index (κ3) is 16.4. The maximum atomic E-state index is 5.51. The topological polar surface area (TPSA) is 26.0 Å². The molecule has 2 N–H and O–H groups in total. The Morgan fingerprint density at radius 3 is 1.50 bits per heavy atom. The second-order valence-corrected chi connectivity index (χ2v) is 6.99. The maximum Gasteiger partial charge on any atom is 0.00172 e. The van der Waals surface area contributed by atoms with Crippen LogP contribution in [-0.4, -0.2) is 11.8 Å². The van der Waals surface area contributed by atoms with Crippen LogP contribution in [0.1, 0.15) is 103 Å². The van der Waals surface area contributed by atoms with E-state index < -0.39 is 0 Å². The summed E-state index contributed by atoms with van der Waals surface area (Å²) in [5, 5.41) is 0.585. The fourth-order valence-electron chi connectivity index (χ4n) is 2.72. The van der Waals surface area contributed by atoms with E-state index in [1.807, 2.05) is 0 Å². The van der Waals surface area contributed by atoms with E-state index in [2.05, 4.69) is 19.6 Å². The Morgan fingerprint density at radius 2 is 1.05 bits per heavy atom. The van der Waals surface area contributed by atoms with Gasteiger partial charge in [0, 0.05) is 5.25 Å². The Bertz CT molecular complexity index is 173. The molecule has 0 amide bonds. The zero-order chi connectivity index (χ0) is 14.9. The molecule has 2 heteroatoms. The van der Waals surface area contributed by atoms with E-state index in [9.17, 15) is 0 Å². The van der Waals surface area contributed by atoms with Crippen molar-refractivity contribution in [2.45, 2.75) is 108 Å². The SMILES string of the molecule is CCCCCCCCCCCCCCC(S)CCCN. The predicted molar refractivity (Wildman–Crippen MR) is 96.8 cm³/mol. The molecular weight excluding hydrogens is 262 g/mol. The van der Waals surface area contributed by atoms with Gasteiger partial charge in [-0.2, -0.15) is 12.6 Å². The normalized spacial score (nSPS) is 12.8. The summed E-state index contributed by atoms with van der Waals surface area (Å²) < 4.78 is 0. The van der Waals surface area contributed by atoms with Gasteiger partial charge in [0.1, 0.15) is 0 Å². The largest absolute Gasteiger partial charge is 0.330 e. The highest BCUT2D eigenvalue weighted by Gasteiger charge is 2.01. The molecule has 0 aliphatic heterocycles. The Hall–Kier alpha value is 0.310. The van der Waals surface area contributed by atoms with Gasteiger partial charge in [0.25, 0.3) is 0 Å². The van der Waals surface area contributed by atoms with Crippen molar-refractivity contribution >= 4 is 12.6 Å². The summed E-state index contributed by atoms with van der Waals surface area (Å²) in [5.74, 6) is 0. The fraction of sp³-hybridized carbons (Fsp3) is 1.00. The van der Waals surface area contributed by atoms with Crippen LogP contribution in [-0.2, 0) is 0 Å². The lowest BCUT2D eigenvalue weighted by atomic mass is 10.0. The Morgan fingerprint density at radius 1 is 0.650 bits per heavy atom. The molecule has 0 rings (SSSR count). The standard InChI is InChI=1S/C18H39NS/c1-2-3-4-5-6-7-8-9-10-11-12-13-15-18(20)16-14-17-19/h18,20H,2-17,19H2,1H3. The van der Waals surface area contributed by atoms with Gasteiger partial charge in [-0.05, 0) is 25.8 Å². The van der Waals surface area contributed by atoms with E-state index in [1.165, 1.54) is 89.9 Å². The molecule has 0 aromatic rings. The van der Waals surface area contributed by atoms with Gasteiger partial charge >= 0.3 is 0 Å². The Labute approximate surface area is 133 Å². The predicted octanol–water partition coefficient (Wildman–Crippen LogP) is 6.11. The molecule has 1 atom stereocenters. The highest BCUT2D eigenvalue weighted by Crippen LogP contribution is 2.16. The number of unbranched alkanes of at least 4 members (excludes halogenated alkanes) is 11. The zero-order valence-electron chi connectivity index (χ0n) is 13.9. The molecular formula is C18H39NS. The molecule has 122 valence electrons. The maximum absolute atomic E-state index is 5.51. The molecule has 0 aromatic heterocycles. The van der Waals surface area contributed by atoms with Gasteiger partial charge in [0.15, 0.2) is 0 Å². The molecule has 0 radical (unpaired) electrons. The second kappa shape index (κ2) is 17.4. The Balaban J connectivity index is 3.02. The van der Waals surface area contributed by atoms with Gasteiger partial charge in [-0.15, -0.1) is 0 Å². The van der Waals surface area contributed by atoms with Gasteiger partial charge in [0.05, 0.1) is 0 Å². The van der Waals surface area contributed by atoms with Gasteiger partial charge in [-0.25, -0.2) is 0 Å². The molecule has 0 bridgehead atoms. The highest BCUT2D eigenvalue weighted by molar-refractivity contribution is 7.80. The molecule has 0 saturated heterocycles. The summed E-state index contributed by atoms with van der Waals surface area (Å²) in [6, 6.07) is 0. The lowest BCUT2D eigenvalue weighted by Crippen LogP contribution is -2.04. The van der Waals surface area contributed by atoms with Crippen molar-refractivity contribution in [2.75, 3.05) is 6.54 Å². The average Bonchev–Trinajstić information content (AvgIpc) is 2.46. The first-order chi connectivity index (χ1) is 9.81. The van der Waals surface area contributed by atoms with Crippen LogP contribution in [0.5, 0.6) is 0 Å². The van der Waals surface area contributed by atoms with Gasteiger partial charge in [-0.3, -0.25) is 0 Å². The minimum absolute atomic E-state index is 0.585. The van der Waals surface area contributed by atoms with Crippen LogP contribution < -0.4 is 5.73 Å². The summed E-state index contributed by atoms with van der Waals surface area (Å²) in [7, 11) is 0. The molecule has 0 aliphatic carbocycles. The first-order valence-electron chi connectivity index (χ1n) is 9.19. The summed E-state index contributed by atoms with van der Waals surface area (Å²) in [5.41, 5.74) is 5.51. The van der Waals surface area contributed by atoms with Crippen molar-refractivity contribution in [3.63, 3.8) is 0 Å². The number of hydrogen-bond donors (Lipinski definition) is 2. The minimum Gasteiger partial charge on any atom is -0.330 e. The van der Waals surface area contributed by atoms with Crippen LogP contribution in [0.25, 0.3) is 0 Å². The highest BCUT2D eigenvalue weighted by atomic mass is 32.1. The van der Waals surface area contributed by atoms with E-state index in [0.717, 1.165) is 13.0 Å². The van der Waals surface area contributed by atoms with Crippen LogP contribution in [0.15, 0.2) is 0 Å². The number of nitrogens with two attached hydrogens (primary N) is 1. The summed E-state index contributed by atoms with van der Waals surface area (Å²) in [6.07, 6.45) is 20.7. The van der Waals surface area contributed by atoms with Crippen molar-refractivity contribution in [2.24, 2.45) is 5.73 Å². The Kier molecular flexibility index (Phi) is 17.6. The first kappa shape index (κ1) is 20.3. The molecule has 0 aliphatic rings. The van der Waals surface area contributed by atoms with E-state index in [4.69, 9.17) is 5.73 Å². The van der Waals surface area contributed by atoms with Gasteiger partial charge in [0.2, 0.25) is 0 Å². The van der Waals surface area contributed by atoms with E-state index in [-0.39, 0.29) is 0 Å². The smallest absolute Gasteiger partial charge is 0.00172 e. The van der Waals surface area contributed by atoms with Gasteiger partial charge in [-0.1, -0.05) is 84.0 Å². The summed E-state index contributed by atoms with van der Waals surface area (Å²) in [4.78, 5) is 0. The number of rotatable bonds is 16. The molecule has 20 heavy (non-hydrogen) atoms. The molecule has 0 saturated carbocycles. The third-order valence-corrected chi connectivity index (χ3v) is 4.65. The van der Waals surface area contributed by atoms with Crippen LogP contribution in [0, 0.1) is 0 Å². The number of thiol groups is 1. The molecule has 0 aromatic carbocycles. The first-order valence-corrected chi connectivity index (χ1v) is 9.71. The zero-order valence-corrected chi connectivity index (χ0v) is 14.8. The van der Waals surface area contributed by atoms with Crippen molar-refractivity contribution in [1.29, 1.82) is 0 Å². The minimum atomic E-state index is 0.585. The van der Waals surface area contributed by atoms with E-state index >= 15 is 0 Å². The van der Waals surface area contributed by atoms with Gasteiger partial charge < -0.3 is 5.73 Å². The van der Waals surface area contributed by atoms with E-state index in [0.29, 0.717) is 5.25 Å². The molecule has 1 unspecified atom stereocenters. The lowest BCUT2D eigenvalue weighted by molar-refractivity contribution is 0.533. The van der Waals surface area contributed by atoms with Crippen LogP contribution in [0.2, 0.25) is 0 Å². The number of hydrogen-bond acceptors (Lipinski definition) is 2. The van der Waals surface area contributed by atoms with Crippen LogP contribution >= 0.6 is 12.6 Å².